The minimum atomic E-state index is -0.931. The highest BCUT2D eigenvalue weighted by atomic mass is 16.4. The Bertz CT molecular complexity index is 823. The number of aromatic nitrogens is 2. The highest BCUT2D eigenvalue weighted by Crippen LogP contribution is 2.30. The Labute approximate surface area is 121 Å². The van der Waals surface area contributed by atoms with Gasteiger partial charge < -0.3 is 14.8 Å². The molecule has 106 valence electrons. The minimum absolute atomic E-state index is 0.120. The van der Waals surface area contributed by atoms with Crippen LogP contribution in [0.5, 0.6) is 5.75 Å². The number of rotatable bonds is 3. The van der Waals surface area contributed by atoms with Gasteiger partial charge in [0.2, 0.25) is 0 Å². The molecule has 0 aliphatic heterocycles. The first-order valence-corrected chi connectivity index (χ1v) is 6.57. The number of carbonyl (C=O) groups is 1. The highest BCUT2D eigenvalue weighted by molar-refractivity contribution is 5.84. The van der Waals surface area contributed by atoms with Crippen molar-refractivity contribution in [2.24, 2.45) is 0 Å². The lowest BCUT2D eigenvalue weighted by molar-refractivity contribution is -0.140. The van der Waals surface area contributed by atoms with Crippen molar-refractivity contribution in [2.45, 2.75) is 13.0 Å². The Morgan fingerprint density at radius 2 is 1.95 bits per heavy atom. The zero-order valence-corrected chi connectivity index (χ0v) is 11.4. The van der Waals surface area contributed by atoms with Crippen LogP contribution in [0.2, 0.25) is 0 Å². The van der Waals surface area contributed by atoms with E-state index in [0.717, 1.165) is 11.0 Å². The average Bonchev–Trinajstić information content (AvgIpc) is 2.85. The summed E-state index contributed by atoms with van der Waals surface area (Å²) in [5.41, 5.74) is 2.16. The minimum Gasteiger partial charge on any atom is -0.508 e. The van der Waals surface area contributed by atoms with E-state index in [0.29, 0.717) is 11.4 Å². The van der Waals surface area contributed by atoms with Crippen molar-refractivity contribution in [1.29, 1.82) is 0 Å². The van der Waals surface area contributed by atoms with E-state index in [1.807, 2.05) is 24.3 Å². The standard InChI is InChI=1S/C16H14N2O3/c1-10(16(20)21)18-14-8-3-2-7-13(14)17-15(18)11-5-4-6-12(19)9-11/h2-10,19H,1H3,(H,20,21). The fourth-order valence-electron chi connectivity index (χ4n) is 2.40. The first-order chi connectivity index (χ1) is 10.1. The maximum absolute atomic E-state index is 11.4. The van der Waals surface area contributed by atoms with Gasteiger partial charge in [0.25, 0.3) is 0 Å². The summed E-state index contributed by atoms with van der Waals surface area (Å²) in [7, 11) is 0. The number of fused-ring (bicyclic) bond motifs is 1. The number of aromatic hydroxyl groups is 1. The zero-order valence-electron chi connectivity index (χ0n) is 11.4. The van der Waals surface area contributed by atoms with Crippen molar-refractivity contribution in [3.63, 3.8) is 0 Å². The first-order valence-electron chi connectivity index (χ1n) is 6.57. The van der Waals surface area contributed by atoms with Crippen molar-refractivity contribution < 1.29 is 15.0 Å². The number of phenols is 1. The Hall–Kier alpha value is -2.82. The van der Waals surface area contributed by atoms with Gasteiger partial charge in [-0.15, -0.1) is 0 Å². The van der Waals surface area contributed by atoms with Crippen LogP contribution in [0, 0.1) is 0 Å². The summed E-state index contributed by atoms with van der Waals surface area (Å²) in [5, 5.41) is 19.0. The number of para-hydroxylation sites is 2. The summed E-state index contributed by atoms with van der Waals surface area (Å²) in [6, 6.07) is 13.3. The zero-order chi connectivity index (χ0) is 15.0. The third kappa shape index (κ3) is 2.23. The van der Waals surface area contributed by atoms with Crippen molar-refractivity contribution >= 4 is 17.0 Å². The van der Waals surface area contributed by atoms with Gasteiger partial charge in [-0.3, -0.25) is 0 Å². The van der Waals surface area contributed by atoms with Crippen molar-refractivity contribution in [1.82, 2.24) is 9.55 Å². The number of phenolic OH excluding ortho intramolecular Hbond substituents is 1. The lowest BCUT2D eigenvalue weighted by atomic mass is 10.2. The molecule has 0 radical (unpaired) electrons. The van der Waals surface area contributed by atoms with E-state index in [2.05, 4.69) is 4.98 Å². The van der Waals surface area contributed by atoms with Gasteiger partial charge in [0.15, 0.2) is 0 Å². The van der Waals surface area contributed by atoms with Crippen LogP contribution in [-0.4, -0.2) is 25.7 Å². The summed E-state index contributed by atoms with van der Waals surface area (Å²) in [6.45, 7) is 1.61. The van der Waals surface area contributed by atoms with E-state index in [1.54, 1.807) is 35.8 Å². The van der Waals surface area contributed by atoms with E-state index in [-0.39, 0.29) is 5.75 Å². The second-order valence-electron chi connectivity index (χ2n) is 4.86. The van der Waals surface area contributed by atoms with Gasteiger partial charge in [0, 0.05) is 5.56 Å². The van der Waals surface area contributed by atoms with Gasteiger partial charge in [-0.2, -0.15) is 0 Å². The third-order valence-electron chi connectivity index (χ3n) is 3.44. The fourth-order valence-corrected chi connectivity index (χ4v) is 2.40. The summed E-state index contributed by atoms with van der Waals surface area (Å²) in [5.74, 6) is -0.282. The average molecular weight is 282 g/mol. The van der Waals surface area contributed by atoms with Crippen LogP contribution in [0.3, 0.4) is 0 Å². The smallest absolute Gasteiger partial charge is 0.326 e. The van der Waals surface area contributed by atoms with Crippen LogP contribution >= 0.6 is 0 Å². The van der Waals surface area contributed by atoms with E-state index < -0.39 is 12.0 Å². The molecule has 3 aromatic rings. The number of hydrogen-bond donors (Lipinski definition) is 2. The highest BCUT2D eigenvalue weighted by Gasteiger charge is 2.21. The summed E-state index contributed by atoms with van der Waals surface area (Å²) < 4.78 is 1.67. The molecule has 1 unspecified atom stereocenters. The van der Waals surface area contributed by atoms with Gasteiger partial charge >= 0.3 is 5.97 Å². The van der Waals surface area contributed by atoms with Crippen LogP contribution in [0.25, 0.3) is 22.4 Å². The molecule has 0 saturated heterocycles. The lowest BCUT2D eigenvalue weighted by Gasteiger charge is -2.13. The predicted octanol–water partition coefficient (Wildman–Crippen LogP) is 3.05. The van der Waals surface area contributed by atoms with Gasteiger partial charge in [0.1, 0.15) is 17.6 Å². The van der Waals surface area contributed by atoms with Gasteiger partial charge in [0.05, 0.1) is 11.0 Å². The molecule has 5 heteroatoms. The van der Waals surface area contributed by atoms with Crippen LogP contribution in [0.4, 0.5) is 0 Å². The van der Waals surface area contributed by atoms with Crippen LogP contribution in [0.1, 0.15) is 13.0 Å². The quantitative estimate of drug-likeness (QED) is 0.774. The molecule has 5 nitrogen and oxygen atoms in total. The van der Waals surface area contributed by atoms with E-state index in [1.165, 1.54) is 0 Å². The molecule has 0 bridgehead atoms. The largest absolute Gasteiger partial charge is 0.508 e. The Kier molecular flexibility index (Phi) is 3.10. The third-order valence-corrected chi connectivity index (χ3v) is 3.44. The molecule has 0 fully saturated rings. The molecule has 2 aromatic carbocycles. The molecule has 0 aliphatic carbocycles. The number of aliphatic carboxylic acids is 1. The summed E-state index contributed by atoms with van der Waals surface area (Å²) in [6.07, 6.45) is 0. The number of benzene rings is 2. The number of carboxylic acids is 1. The van der Waals surface area contributed by atoms with Crippen molar-refractivity contribution in [2.75, 3.05) is 0 Å². The van der Waals surface area contributed by atoms with Gasteiger partial charge in [-0.1, -0.05) is 24.3 Å². The van der Waals surface area contributed by atoms with Gasteiger partial charge in [-0.05, 0) is 31.2 Å². The molecular weight excluding hydrogens is 268 g/mol. The Balaban J connectivity index is 2.31. The summed E-state index contributed by atoms with van der Waals surface area (Å²) >= 11 is 0. The fraction of sp³-hybridized carbons (Fsp3) is 0.125. The van der Waals surface area contributed by atoms with Crippen LogP contribution < -0.4 is 0 Å². The molecule has 1 heterocycles. The second kappa shape index (κ2) is 4.94. The van der Waals surface area contributed by atoms with Crippen LogP contribution in [-0.2, 0) is 4.79 Å². The maximum Gasteiger partial charge on any atom is 0.326 e. The molecular formula is C16H14N2O3. The van der Waals surface area contributed by atoms with E-state index in [9.17, 15) is 15.0 Å². The maximum atomic E-state index is 11.4. The molecule has 1 aromatic heterocycles. The number of hydrogen-bond acceptors (Lipinski definition) is 3. The second-order valence-corrected chi connectivity index (χ2v) is 4.86. The van der Waals surface area contributed by atoms with E-state index in [4.69, 9.17) is 0 Å². The Morgan fingerprint density at radius 1 is 1.19 bits per heavy atom. The molecule has 3 rings (SSSR count). The topological polar surface area (TPSA) is 75.3 Å². The molecule has 0 amide bonds. The first kappa shape index (κ1) is 13.2. The summed E-state index contributed by atoms with van der Waals surface area (Å²) in [4.78, 5) is 15.9. The molecule has 0 spiro atoms. The van der Waals surface area contributed by atoms with E-state index >= 15 is 0 Å². The van der Waals surface area contributed by atoms with Crippen LogP contribution in [0.15, 0.2) is 48.5 Å². The number of nitrogens with zero attached hydrogens (tertiary/aromatic N) is 2. The Morgan fingerprint density at radius 3 is 2.67 bits per heavy atom. The van der Waals surface area contributed by atoms with Gasteiger partial charge in [-0.25, -0.2) is 9.78 Å². The molecule has 1 atom stereocenters. The number of carboxylic acid groups (broad SMARTS) is 1. The normalized spacial score (nSPS) is 12.4. The predicted molar refractivity (Wildman–Crippen MR) is 79.2 cm³/mol. The van der Waals surface area contributed by atoms with Crippen molar-refractivity contribution in [3.8, 4) is 17.1 Å². The lowest BCUT2D eigenvalue weighted by Crippen LogP contribution is -2.16. The van der Waals surface area contributed by atoms with Crippen molar-refractivity contribution in [3.05, 3.63) is 48.5 Å². The SMILES string of the molecule is CC(C(=O)O)n1c(-c2cccc(O)c2)nc2ccccc21. The molecule has 0 aliphatic rings. The number of imidazole rings is 1. The molecule has 2 N–H and O–H groups in total. The monoisotopic (exact) mass is 282 g/mol. The molecule has 21 heavy (non-hydrogen) atoms. The molecule has 0 saturated carbocycles.